The van der Waals surface area contributed by atoms with Crippen molar-refractivity contribution < 1.29 is 36.9 Å². The lowest BCUT2D eigenvalue weighted by molar-refractivity contribution is -0.274. The van der Waals surface area contributed by atoms with Crippen LogP contribution in [0, 0.1) is 5.82 Å². The zero-order chi connectivity index (χ0) is 27.8. The van der Waals surface area contributed by atoms with E-state index < -0.39 is 40.8 Å². The smallest absolute Gasteiger partial charge is 0.437 e. The summed E-state index contributed by atoms with van der Waals surface area (Å²) >= 11 is 6.41. The third-order valence-electron chi connectivity index (χ3n) is 6.33. The Labute approximate surface area is 218 Å². The van der Waals surface area contributed by atoms with Crippen LogP contribution >= 0.6 is 11.6 Å². The maximum Gasteiger partial charge on any atom is 0.513 e. The van der Waals surface area contributed by atoms with Crippen molar-refractivity contribution in [3.05, 3.63) is 105 Å². The number of halogens is 5. The number of rotatable bonds is 5. The number of hydrogen-bond donors (Lipinski definition) is 1. The summed E-state index contributed by atoms with van der Waals surface area (Å²) in [6, 6.07) is 13.9. The average molecular weight is 550 g/mol. The highest BCUT2D eigenvalue weighted by Gasteiger charge is 2.59. The molecular formula is C27H20ClF4NO5. The van der Waals surface area contributed by atoms with Crippen molar-refractivity contribution in [1.82, 2.24) is 4.40 Å². The Morgan fingerprint density at radius 3 is 2.34 bits per heavy atom. The molecule has 4 aromatic rings. The second-order valence-electron chi connectivity index (χ2n) is 8.46. The molecule has 2 unspecified atom stereocenters. The minimum Gasteiger partial charge on any atom is -0.437 e. The third kappa shape index (κ3) is 4.72. The Bertz CT molecular complexity index is 1590. The van der Waals surface area contributed by atoms with Crippen molar-refractivity contribution in [1.29, 1.82) is 0 Å². The van der Waals surface area contributed by atoms with E-state index in [0.717, 1.165) is 29.7 Å². The SMILES string of the molecule is COC(=O)Oc1ccc(-c2ccc(C(C)C(O)(c3ccc(=O)n4ccccc34)C(F)(F)F)c(Cl)c2)cc1F. The van der Waals surface area contributed by atoms with Gasteiger partial charge in [0.05, 0.1) is 12.6 Å². The molecule has 11 heteroatoms. The molecule has 0 aliphatic heterocycles. The van der Waals surface area contributed by atoms with Crippen LogP contribution < -0.4 is 10.3 Å². The number of aromatic nitrogens is 1. The highest BCUT2D eigenvalue weighted by Crippen LogP contribution is 2.50. The molecule has 38 heavy (non-hydrogen) atoms. The number of hydrogen-bond acceptors (Lipinski definition) is 5. The molecule has 2 aromatic carbocycles. The molecule has 2 heterocycles. The summed E-state index contributed by atoms with van der Waals surface area (Å²) < 4.78 is 68.1. The maximum absolute atomic E-state index is 14.6. The summed E-state index contributed by atoms with van der Waals surface area (Å²) in [5.41, 5.74) is -3.95. The van der Waals surface area contributed by atoms with Crippen LogP contribution in [-0.2, 0) is 10.3 Å². The van der Waals surface area contributed by atoms with E-state index in [1.807, 2.05) is 0 Å². The number of alkyl halides is 3. The molecule has 2 atom stereocenters. The Hall–Kier alpha value is -3.89. The topological polar surface area (TPSA) is 77.2 Å². The largest absolute Gasteiger partial charge is 0.513 e. The minimum atomic E-state index is -5.15. The Morgan fingerprint density at radius 1 is 1.03 bits per heavy atom. The van der Waals surface area contributed by atoms with Crippen molar-refractivity contribution in [3.8, 4) is 16.9 Å². The minimum absolute atomic E-state index is 0.0263. The van der Waals surface area contributed by atoms with Gasteiger partial charge in [-0.25, -0.2) is 9.18 Å². The fraction of sp³-hybridized carbons (Fsp3) is 0.185. The summed E-state index contributed by atoms with van der Waals surface area (Å²) in [6.07, 6.45) is -4.95. The molecule has 4 rings (SSSR count). The van der Waals surface area contributed by atoms with E-state index in [-0.39, 0.29) is 21.9 Å². The highest BCUT2D eigenvalue weighted by atomic mass is 35.5. The Morgan fingerprint density at radius 2 is 1.71 bits per heavy atom. The molecule has 0 aliphatic rings. The van der Waals surface area contributed by atoms with Crippen LogP contribution in [-0.4, -0.2) is 28.9 Å². The lowest BCUT2D eigenvalue weighted by atomic mass is 9.77. The number of aliphatic hydroxyl groups is 1. The lowest BCUT2D eigenvalue weighted by Crippen LogP contribution is -2.47. The molecule has 0 radical (unpaired) electrons. The number of carbonyl (C=O) groups is 1. The number of methoxy groups -OCH3 is 1. The maximum atomic E-state index is 14.6. The predicted octanol–water partition coefficient (Wildman–Crippen LogP) is 6.46. The second-order valence-corrected chi connectivity index (χ2v) is 8.87. The predicted molar refractivity (Wildman–Crippen MR) is 132 cm³/mol. The Balaban J connectivity index is 1.77. The van der Waals surface area contributed by atoms with Crippen molar-refractivity contribution in [2.24, 2.45) is 0 Å². The number of nitrogens with zero attached hydrogens (tertiary/aromatic N) is 1. The summed E-state index contributed by atoms with van der Waals surface area (Å²) in [5, 5.41) is 11.2. The fourth-order valence-electron chi connectivity index (χ4n) is 4.31. The molecule has 0 fully saturated rings. The van der Waals surface area contributed by atoms with E-state index in [4.69, 9.17) is 16.3 Å². The molecule has 0 spiro atoms. The van der Waals surface area contributed by atoms with E-state index in [2.05, 4.69) is 4.74 Å². The van der Waals surface area contributed by atoms with Gasteiger partial charge in [0.2, 0.25) is 0 Å². The molecule has 0 aliphatic carbocycles. The van der Waals surface area contributed by atoms with E-state index in [0.29, 0.717) is 11.1 Å². The summed E-state index contributed by atoms with van der Waals surface area (Å²) in [6.45, 7) is 1.18. The first-order valence-corrected chi connectivity index (χ1v) is 11.5. The molecule has 0 saturated carbocycles. The fourth-order valence-corrected chi connectivity index (χ4v) is 4.65. The van der Waals surface area contributed by atoms with Crippen molar-refractivity contribution in [2.75, 3.05) is 7.11 Å². The zero-order valence-electron chi connectivity index (χ0n) is 19.9. The molecule has 2 aromatic heterocycles. The first-order valence-electron chi connectivity index (χ1n) is 11.1. The standard InChI is InChI=1S/C27H20ClF4NO5/c1-15(26(36,27(30,31)32)19-9-11-24(34)33-12-4-3-5-22(19)33)18-8-6-16(13-20(18)28)17-7-10-23(21(29)14-17)38-25(35)37-2/h3-15,36H,1-2H3. The molecule has 6 nitrogen and oxygen atoms in total. The molecule has 1 N–H and O–H groups in total. The Kier molecular flexibility index (Phi) is 7.22. The third-order valence-corrected chi connectivity index (χ3v) is 6.65. The van der Waals surface area contributed by atoms with Gasteiger partial charge in [0.25, 0.3) is 5.56 Å². The van der Waals surface area contributed by atoms with Crippen molar-refractivity contribution >= 4 is 23.3 Å². The van der Waals surface area contributed by atoms with Crippen LogP contribution in [0.5, 0.6) is 5.75 Å². The average Bonchev–Trinajstić information content (AvgIpc) is 2.88. The van der Waals surface area contributed by atoms with Gasteiger partial charge in [-0.3, -0.25) is 9.20 Å². The van der Waals surface area contributed by atoms with Gasteiger partial charge >= 0.3 is 12.3 Å². The number of benzene rings is 2. The molecule has 198 valence electrons. The number of carbonyl (C=O) groups excluding carboxylic acids is 1. The zero-order valence-corrected chi connectivity index (χ0v) is 20.7. The monoisotopic (exact) mass is 549 g/mol. The van der Waals surface area contributed by atoms with E-state index in [1.54, 1.807) is 0 Å². The van der Waals surface area contributed by atoms with Crippen LogP contribution in [0.25, 0.3) is 16.6 Å². The van der Waals surface area contributed by atoms with Gasteiger partial charge in [-0.05, 0) is 53.1 Å². The summed E-state index contributed by atoms with van der Waals surface area (Å²) in [7, 11) is 1.07. The van der Waals surface area contributed by atoms with Crippen LogP contribution in [0.3, 0.4) is 0 Å². The summed E-state index contributed by atoms with van der Waals surface area (Å²) in [5.74, 6) is -2.86. The van der Waals surface area contributed by atoms with Gasteiger partial charge in [0.15, 0.2) is 17.2 Å². The number of pyridine rings is 2. The lowest BCUT2D eigenvalue weighted by Gasteiger charge is -2.37. The highest BCUT2D eigenvalue weighted by molar-refractivity contribution is 6.31. The van der Waals surface area contributed by atoms with Crippen LogP contribution in [0.1, 0.15) is 24.0 Å². The van der Waals surface area contributed by atoms with Gasteiger partial charge in [-0.1, -0.05) is 42.8 Å². The molecular weight excluding hydrogens is 530 g/mol. The number of ether oxygens (including phenoxy) is 2. The van der Waals surface area contributed by atoms with E-state index >= 15 is 0 Å². The van der Waals surface area contributed by atoms with Gasteiger partial charge in [0.1, 0.15) is 0 Å². The number of fused-ring (bicyclic) bond motifs is 1. The second kappa shape index (κ2) is 10.1. The van der Waals surface area contributed by atoms with Crippen LogP contribution in [0.4, 0.5) is 22.4 Å². The normalized spacial score (nSPS) is 14.1. The van der Waals surface area contributed by atoms with Gasteiger partial charge in [0, 0.05) is 28.8 Å². The van der Waals surface area contributed by atoms with Crippen molar-refractivity contribution in [3.63, 3.8) is 0 Å². The first-order chi connectivity index (χ1) is 17.9. The van der Waals surface area contributed by atoms with E-state index in [9.17, 15) is 32.3 Å². The van der Waals surface area contributed by atoms with E-state index in [1.165, 1.54) is 61.7 Å². The van der Waals surface area contributed by atoms with Crippen LogP contribution in [0.15, 0.2) is 77.7 Å². The van der Waals surface area contributed by atoms with Gasteiger partial charge in [-0.2, -0.15) is 13.2 Å². The van der Waals surface area contributed by atoms with Crippen LogP contribution in [0.2, 0.25) is 5.02 Å². The van der Waals surface area contributed by atoms with Gasteiger partial charge in [-0.15, -0.1) is 0 Å². The molecule has 0 bridgehead atoms. The summed E-state index contributed by atoms with van der Waals surface area (Å²) in [4.78, 5) is 23.4. The van der Waals surface area contributed by atoms with Gasteiger partial charge < -0.3 is 14.6 Å². The van der Waals surface area contributed by atoms with Crippen molar-refractivity contribution in [2.45, 2.75) is 24.6 Å². The molecule has 0 amide bonds. The first kappa shape index (κ1) is 27.2. The quantitative estimate of drug-likeness (QED) is 0.176. The molecule has 0 saturated heterocycles.